The highest BCUT2D eigenvalue weighted by Gasteiger charge is 2.17. The molecular formula is C11H11FN4O3. The smallest absolute Gasteiger partial charge is 0.295 e. The Bertz CT molecular complexity index is 599. The molecule has 1 heterocycles. The van der Waals surface area contributed by atoms with E-state index in [1.807, 2.05) is 0 Å². The summed E-state index contributed by atoms with van der Waals surface area (Å²) in [5.41, 5.74) is 0.348. The van der Waals surface area contributed by atoms with Gasteiger partial charge in [0.2, 0.25) is 0 Å². The van der Waals surface area contributed by atoms with E-state index in [0.29, 0.717) is 18.5 Å². The number of aliphatic hydroxyl groups is 1. The lowest BCUT2D eigenvalue weighted by atomic mass is 10.2. The molecule has 0 bridgehead atoms. The molecule has 2 aromatic rings. The van der Waals surface area contributed by atoms with Gasteiger partial charge in [0, 0.05) is 18.7 Å². The number of nitro benzene ring substituents is 1. The van der Waals surface area contributed by atoms with Crippen LogP contribution >= 0.6 is 0 Å². The van der Waals surface area contributed by atoms with E-state index in [2.05, 4.69) is 10.3 Å². The second kappa shape index (κ2) is 5.53. The number of nitro groups is 1. The van der Waals surface area contributed by atoms with Crippen molar-refractivity contribution in [3.05, 3.63) is 46.0 Å². The summed E-state index contributed by atoms with van der Waals surface area (Å²) in [6, 6.07) is 3.13. The van der Waals surface area contributed by atoms with Crippen molar-refractivity contribution < 1.29 is 14.4 Å². The molecule has 0 aliphatic rings. The summed E-state index contributed by atoms with van der Waals surface area (Å²) in [5, 5.41) is 27.1. The second-order valence-electron chi connectivity index (χ2n) is 3.87. The number of aromatic nitrogens is 3. The van der Waals surface area contributed by atoms with Crippen LogP contribution in [0.1, 0.15) is 12.1 Å². The standard InChI is InChI=1S/C11H11FN4O3/c12-8-3-4-10(16(18)19)11(6-8)15-7-9(13-14-15)2-1-5-17/h3-4,6-7,17H,1-2,5H2. The Labute approximate surface area is 107 Å². The zero-order chi connectivity index (χ0) is 13.8. The topological polar surface area (TPSA) is 94.1 Å². The van der Waals surface area contributed by atoms with E-state index < -0.39 is 10.7 Å². The Morgan fingerprint density at radius 2 is 2.26 bits per heavy atom. The Morgan fingerprint density at radius 1 is 1.47 bits per heavy atom. The molecule has 0 fully saturated rings. The molecule has 8 heteroatoms. The number of hydrogen-bond donors (Lipinski definition) is 1. The van der Waals surface area contributed by atoms with E-state index in [4.69, 9.17) is 5.11 Å². The Hall–Kier alpha value is -2.35. The number of rotatable bonds is 5. The number of nitrogens with zero attached hydrogens (tertiary/aromatic N) is 4. The molecule has 2 rings (SSSR count). The predicted molar refractivity (Wildman–Crippen MR) is 63.4 cm³/mol. The molecule has 0 atom stereocenters. The van der Waals surface area contributed by atoms with Gasteiger partial charge in [-0.05, 0) is 18.9 Å². The van der Waals surface area contributed by atoms with Crippen molar-refractivity contribution in [2.24, 2.45) is 0 Å². The quantitative estimate of drug-likeness (QED) is 0.649. The van der Waals surface area contributed by atoms with Crippen molar-refractivity contribution in [2.45, 2.75) is 12.8 Å². The van der Waals surface area contributed by atoms with Crippen molar-refractivity contribution in [3.63, 3.8) is 0 Å². The molecule has 0 saturated carbocycles. The van der Waals surface area contributed by atoms with Gasteiger partial charge in [0.25, 0.3) is 5.69 Å². The normalized spacial score (nSPS) is 10.6. The summed E-state index contributed by atoms with van der Waals surface area (Å²) in [6.45, 7) is 0.0208. The Morgan fingerprint density at radius 3 is 2.95 bits per heavy atom. The average molecular weight is 266 g/mol. The Kier molecular flexibility index (Phi) is 3.81. The van der Waals surface area contributed by atoms with Gasteiger partial charge in [0.15, 0.2) is 0 Å². The van der Waals surface area contributed by atoms with Crippen LogP contribution in [0.4, 0.5) is 10.1 Å². The first-order valence-corrected chi connectivity index (χ1v) is 5.58. The third-order valence-corrected chi connectivity index (χ3v) is 2.51. The molecule has 7 nitrogen and oxygen atoms in total. The summed E-state index contributed by atoms with van der Waals surface area (Å²) in [4.78, 5) is 10.3. The van der Waals surface area contributed by atoms with Crippen LogP contribution in [0, 0.1) is 15.9 Å². The highest BCUT2D eigenvalue weighted by atomic mass is 19.1. The predicted octanol–water partition coefficient (Wildman–Crippen LogP) is 1.24. The number of hydrogen-bond acceptors (Lipinski definition) is 5. The van der Waals surface area contributed by atoms with Crippen molar-refractivity contribution >= 4 is 5.69 Å². The molecule has 0 saturated heterocycles. The lowest BCUT2D eigenvalue weighted by molar-refractivity contribution is -0.384. The van der Waals surface area contributed by atoms with Gasteiger partial charge in [0.05, 0.1) is 16.8 Å². The molecular weight excluding hydrogens is 255 g/mol. The lowest BCUT2D eigenvalue weighted by Crippen LogP contribution is -2.01. The molecule has 1 N–H and O–H groups in total. The van der Waals surface area contributed by atoms with Crippen LogP contribution in [0.5, 0.6) is 0 Å². The maximum absolute atomic E-state index is 13.2. The van der Waals surface area contributed by atoms with Gasteiger partial charge in [-0.3, -0.25) is 10.1 Å². The fraction of sp³-hybridized carbons (Fsp3) is 0.273. The number of aryl methyl sites for hydroxylation is 1. The molecule has 0 radical (unpaired) electrons. The van der Waals surface area contributed by atoms with Crippen LogP contribution in [0.2, 0.25) is 0 Å². The van der Waals surface area contributed by atoms with E-state index >= 15 is 0 Å². The molecule has 0 aliphatic heterocycles. The van der Waals surface area contributed by atoms with Crippen molar-refractivity contribution in [1.29, 1.82) is 0 Å². The van der Waals surface area contributed by atoms with Crippen LogP contribution < -0.4 is 0 Å². The molecule has 0 amide bonds. The largest absolute Gasteiger partial charge is 0.396 e. The van der Waals surface area contributed by atoms with Gasteiger partial charge >= 0.3 is 0 Å². The van der Waals surface area contributed by atoms with Gasteiger partial charge in [-0.2, -0.15) is 0 Å². The van der Waals surface area contributed by atoms with E-state index in [0.717, 1.165) is 22.9 Å². The fourth-order valence-electron chi connectivity index (χ4n) is 1.63. The molecule has 0 spiro atoms. The number of aliphatic hydroxyl groups excluding tert-OH is 1. The molecule has 100 valence electrons. The lowest BCUT2D eigenvalue weighted by Gasteiger charge is -2.01. The van der Waals surface area contributed by atoms with Crippen molar-refractivity contribution in [2.75, 3.05) is 6.61 Å². The van der Waals surface area contributed by atoms with Gasteiger partial charge in [0.1, 0.15) is 11.5 Å². The zero-order valence-corrected chi connectivity index (χ0v) is 9.86. The monoisotopic (exact) mass is 266 g/mol. The molecule has 1 aromatic heterocycles. The molecule has 0 unspecified atom stereocenters. The van der Waals surface area contributed by atoms with Gasteiger partial charge < -0.3 is 5.11 Å². The summed E-state index contributed by atoms with van der Waals surface area (Å²) in [7, 11) is 0. The maximum Gasteiger partial charge on any atom is 0.295 e. The first kappa shape index (κ1) is 13.1. The molecule has 1 aromatic carbocycles. The third-order valence-electron chi connectivity index (χ3n) is 2.51. The van der Waals surface area contributed by atoms with Crippen molar-refractivity contribution in [3.8, 4) is 5.69 Å². The second-order valence-corrected chi connectivity index (χ2v) is 3.87. The highest BCUT2D eigenvalue weighted by Crippen LogP contribution is 2.23. The Balaban J connectivity index is 2.37. The van der Waals surface area contributed by atoms with Crippen LogP contribution in [-0.2, 0) is 6.42 Å². The number of halogens is 1. The average Bonchev–Trinajstić information content (AvgIpc) is 2.84. The van der Waals surface area contributed by atoms with Crippen molar-refractivity contribution in [1.82, 2.24) is 15.0 Å². The summed E-state index contributed by atoms with van der Waals surface area (Å²) in [5.74, 6) is -0.590. The molecule has 19 heavy (non-hydrogen) atoms. The van der Waals surface area contributed by atoms with E-state index in [1.165, 1.54) is 6.20 Å². The summed E-state index contributed by atoms with van der Waals surface area (Å²) < 4.78 is 14.3. The van der Waals surface area contributed by atoms with Gasteiger partial charge in [-0.1, -0.05) is 5.21 Å². The maximum atomic E-state index is 13.2. The third kappa shape index (κ3) is 2.91. The first-order chi connectivity index (χ1) is 9.11. The van der Waals surface area contributed by atoms with E-state index in [1.54, 1.807) is 0 Å². The zero-order valence-electron chi connectivity index (χ0n) is 9.86. The van der Waals surface area contributed by atoms with Crippen LogP contribution in [0.15, 0.2) is 24.4 Å². The van der Waals surface area contributed by atoms with Crippen LogP contribution in [0.25, 0.3) is 5.69 Å². The fourth-order valence-corrected chi connectivity index (χ4v) is 1.63. The SMILES string of the molecule is O=[N+]([O-])c1ccc(F)cc1-n1cc(CCCO)nn1. The minimum Gasteiger partial charge on any atom is -0.396 e. The van der Waals surface area contributed by atoms with Crippen LogP contribution in [0.3, 0.4) is 0 Å². The summed E-state index contributed by atoms with van der Waals surface area (Å²) >= 11 is 0. The summed E-state index contributed by atoms with van der Waals surface area (Å²) in [6.07, 6.45) is 2.50. The minimum absolute atomic E-state index is 0.0208. The highest BCUT2D eigenvalue weighted by molar-refractivity contribution is 5.51. The van der Waals surface area contributed by atoms with Crippen LogP contribution in [-0.4, -0.2) is 31.6 Å². The van der Waals surface area contributed by atoms with E-state index in [9.17, 15) is 14.5 Å². The minimum atomic E-state index is -0.607. The van der Waals surface area contributed by atoms with Gasteiger partial charge in [-0.15, -0.1) is 5.10 Å². The van der Waals surface area contributed by atoms with E-state index in [-0.39, 0.29) is 18.0 Å². The van der Waals surface area contributed by atoms with Gasteiger partial charge in [-0.25, -0.2) is 9.07 Å². The molecule has 0 aliphatic carbocycles. The first-order valence-electron chi connectivity index (χ1n) is 5.58. The number of benzene rings is 1.